The third-order valence-corrected chi connectivity index (χ3v) is 4.18. The maximum atomic E-state index is 12.3. The molecule has 114 valence electrons. The number of fused-ring (bicyclic) bond motifs is 1. The van der Waals surface area contributed by atoms with Gasteiger partial charge in [0.2, 0.25) is 0 Å². The fourth-order valence-electron chi connectivity index (χ4n) is 2.94. The number of para-hydroxylation sites is 1. The number of furan rings is 1. The molecule has 0 bridgehead atoms. The van der Waals surface area contributed by atoms with Gasteiger partial charge in [0.25, 0.3) is 5.91 Å². The molecular weight excluding hydrogens is 288 g/mol. The van der Waals surface area contributed by atoms with Crippen molar-refractivity contribution in [2.24, 2.45) is 5.73 Å². The number of nitrogens with two attached hydrogens (primary N) is 1. The third kappa shape index (κ3) is 3.39. The average Bonchev–Trinajstić information content (AvgIpc) is 2.90. The van der Waals surface area contributed by atoms with E-state index in [0.717, 1.165) is 36.7 Å². The van der Waals surface area contributed by atoms with Crippen LogP contribution in [0.5, 0.6) is 0 Å². The lowest BCUT2D eigenvalue weighted by atomic mass is 9.82. The number of nitrogens with one attached hydrogen (secondary N) is 1. The molecule has 2 aromatic rings. The summed E-state index contributed by atoms with van der Waals surface area (Å²) in [6.45, 7) is 0.533. The molecule has 4 nitrogen and oxygen atoms in total. The molecule has 3 rings (SSSR count). The molecule has 21 heavy (non-hydrogen) atoms. The predicted octanol–water partition coefficient (Wildman–Crippen LogP) is 3.25. The fraction of sp³-hybridized carbons (Fsp3) is 0.438. The molecule has 5 heteroatoms. The zero-order valence-corrected chi connectivity index (χ0v) is 12.7. The molecule has 1 amide bonds. The van der Waals surface area contributed by atoms with Crippen molar-refractivity contribution >= 4 is 29.3 Å². The summed E-state index contributed by atoms with van der Waals surface area (Å²) in [7, 11) is 0. The molecule has 0 unspecified atom stereocenters. The number of carbonyl (C=O) groups is 1. The van der Waals surface area contributed by atoms with E-state index in [-0.39, 0.29) is 23.9 Å². The Morgan fingerprint density at radius 1 is 1.24 bits per heavy atom. The summed E-state index contributed by atoms with van der Waals surface area (Å²) in [5.74, 6) is -0.106. The number of hydrogen-bond acceptors (Lipinski definition) is 3. The van der Waals surface area contributed by atoms with Crippen LogP contribution in [0.3, 0.4) is 0 Å². The Kier molecular flexibility index (Phi) is 4.91. The lowest BCUT2D eigenvalue weighted by Crippen LogP contribution is -2.51. The largest absolute Gasteiger partial charge is 0.463 e. The monoisotopic (exact) mass is 308 g/mol. The second-order valence-corrected chi connectivity index (χ2v) is 5.75. The van der Waals surface area contributed by atoms with E-state index in [1.165, 1.54) is 12.7 Å². The molecule has 1 aliphatic rings. The first-order valence-corrected chi connectivity index (χ1v) is 7.21. The average molecular weight is 309 g/mol. The van der Waals surface area contributed by atoms with Crippen molar-refractivity contribution in [3.05, 3.63) is 36.1 Å². The van der Waals surface area contributed by atoms with E-state index < -0.39 is 0 Å². The Labute approximate surface area is 130 Å². The minimum atomic E-state index is -0.243. The van der Waals surface area contributed by atoms with Crippen LogP contribution < -0.4 is 11.1 Å². The van der Waals surface area contributed by atoms with Gasteiger partial charge in [0.15, 0.2) is 0 Å². The van der Waals surface area contributed by atoms with Crippen LogP contribution in [0.1, 0.15) is 42.5 Å². The van der Waals surface area contributed by atoms with Gasteiger partial charge >= 0.3 is 0 Å². The van der Waals surface area contributed by atoms with E-state index in [4.69, 9.17) is 10.2 Å². The van der Waals surface area contributed by atoms with Crippen LogP contribution in [-0.2, 0) is 0 Å². The first kappa shape index (κ1) is 15.9. The Balaban J connectivity index is 0.00000161. The smallest absolute Gasteiger partial charge is 0.255 e. The molecule has 1 heterocycles. The van der Waals surface area contributed by atoms with Gasteiger partial charge in [0.05, 0.1) is 5.56 Å². The SMILES string of the molecule is Cl.NC1(CNC(=O)c2coc3ccccc23)CCCCC1. The summed E-state index contributed by atoms with van der Waals surface area (Å²) in [6, 6.07) is 7.55. The standard InChI is InChI=1S/C16H20N2O2.ClH/c17-16(8-4-1-5-9-16)11-18-15(19)13-10-20-14-7-3-2-6-12(13)14;/h2-3,6-7,10H,1,4-5,8-9,11,17H2,(H,18,19);1H. The molecule has 3 N–H and O–H groups in total. The minimum Gasteiger partial charge on any atom is -0.463 e. The van der Waals surface area contributed by atoms with E-state index >= 15 is 0 Å². The van der Waals surface area contributed by atoms with Gasteiger partial charge in [-0.2, -0.15) is 0 Å². The summed E-state index contributed by atoms with van der Waals surface area (Å²) in [5, 5.41) is 3.81. The van der Waals surface area contributed by atoms with Crippen LogP contribution in [0.25, 0.3) is 11.0 Å². The van der Waals surface area contributed by atoms with Crippen LogP contribution in [0, 0.1) is 0 Å². The van der Waals surface area contributed by atoms with Crippen molar-refractivity contribution in [1.29, 1.82) is 0 Å². The molecule has 0 saturated heterocycles. The first-order valence-electron chi connectivity index (χ1n) is 7.21. The van der Waals surface area contributed by atoms with Crippen molar-refractivity contribution < 1.29 is 9.21 Å². The lowest BCUT2D eigenvalue weighted by molar-refractivity contribution is 0.0938. The van der Waals surface area contributed by atoms with Crippen LogP contribution in [-0.4, -0.2) is 18.0 Å². The Morgan fingerprint density at radius 3 is 2.71 bits per heavy atom. The van der Waals surface area contributed by atoms with Crippen molar-refractivity contribution in [2.45, 2.75) is 37.6 Å². The molecule has 0 spiro atoms. The van der Waals surface area contributed by atoms with E-state index in [0.29, 0.717) is 12.1 Å². The zero-order chi connectivity index (χ0) is 14.0. The predicted molar refractivity (Wildman–Crippen MR) is 85.8 cm³/mol. The van der Waals surface area contributed by atoms with Gasteiger partial charge in [-0.1, -0.05) is 37.5 Å². The second kappa shape index (κ2) is 6.50. The molecule has 0 radical (unpaired) electrons. The van der Waals surface area contributed by atoms with Crippen LogP contribution in [0.2, 0.25) is 0 Å². The van der Waals surface area contributed by atoms with Gasteiger partial charge in [0.1, 0.15) is 11.8 Å². The highest BCUT2D eigenvalue weighted by Gasteiger charge is 2.28. The number of carbonyl (C=O) groups excluding carboxylic acids is 1. The molecular formula is C16H21ClN2O2. The van der Waals surface area contributed by atoms with E-state index in [1.807, 2.05) is 24.3 Å². The Bertz CT molecular complexity index is 618. The molecule has 1 aromatic carbocycles. The minimum absolute atomic E-state index is 0. The van der Waals surface area contributed by atoms with Gasteiger partial charge < -0.3 is 15.5 Å². The van der Waals surface area contributed by atoms with Gasteiger partial charge in [0, 0.05) is 17.5 Å². The van der Waals surface area contributed by atoms with E-state index in [9.17, 15) is 4.79 Å². The van der Waals surface area contributed by atoms with Crippen LogP contribution in [0.15, 0.2) is 34.9 Å². The third-order valence-electron chi connectivity index (χ3n) is 4.18. The van der Waals surface area contributed by atoms with Crippen molar-refractivity contribution in [3.8, 4) is 0 Å². The Hall–Kier alpha value is -1.52. The highest BCUT2D eigenvalue weighted by atomic mass is 35.5. The maximum Gasteiger partial charge on any atom is 0.255 e. The Morgan fingerprint density at radius 2 is 1.95 bits per heavy atom. The molecule has 0 atom stereocenters. The quantitative estimate of drug-likeness (QED) is 0.914. The highest BCUT2D eigenvalue weighted by Crippen LogP contribution is 2.25. The summed E-state index contributed by atoms with van der Waals surface area (Å²) >= 11 is 0. The van der Waals surface area contributed by atoms with Gasteiger partial charge in [-0.3, -0.25) is 4.79 Å². The number of rotatable bonds is 3. The number of benzene rings is 1. The van der Waals surface area contributed by atoms with Crippen molar-refractivity contribution in [1.82, 2.24) is 5.32 Å². The van der Waals surface area contributed by atoms with Gasteiger partial charge in [-0.15, -0.1) is 12.4 Å². The zero-order valence-electron chi connectivity index (χ0n) is 11.9. The summed E-state index contributed by atoms with van der Waals surface area (Å²) in [4.78, 5) is 12.3. The topological polar surface area (TPSA) is 68.3 Å². The molecule has 1 saturated carbocycles. The molecule has 1 fully saturated rings. The van der Waals surface area contributed by atoms with E-state index in [1.54, 1.807) is 0 Å². The van der Waals surface area contributed by atoms with Gasteiger partial charge in [-0.25, -0.2) is 0 Å². The molecule has 0 aliphatic heterocycles. The van der Waals surface area contributed by atoms with Crippen LogP contribution in [0.4, 0.5) is 0 Å². The maximum absolute atomic E-state index is 12.3. The number of hydrogen-bond donors (Lipinski definition) is 2. The molecule has 1 aliphatic carbocycles. The summed E-state index contributed by atoms with van der Waals surface area (Å²) in [5.41, 5.74) is 7.41. The van der Waals surface area contributed by atoms with Crippen molar-refractivity contribution in [2.75, 3.05) is 6.54 Å². The number of amides is 1. The normalized spacial score (nSPS) is 17.2. The summed E-state index contributed by atoms with van der Waals surface area (Å²) < 4.78 is 5.40. The highest BCUT2D eigenvalue weighted by molar-refractivity contribution is 6.05. The summed E-state index contributed by atoms with van der Waals surface area (Å²) in [6.07, 6.45) is 7.05. The fourth-order valence-corrected chi connectivity index (χ4v) is 2.94. The van der Waals surface area contributed by atoms with Gasteiger partial charge in [-0.05, 0) is 18.9 Å². The molecule has 1 aromatic heterocycles. The first-order chi connectivity index (χ1) is 9.68. The van der Waals surface area contributed by atoms with Crippen molar-refractivity contribution in [3.63, 3.8) is 0 Å². The van der Waals surface area contributed by atoms with E-state index in [2.05, 4.69) is 5.32 Å². The lowest BCUT2D eigenvalue weighted by Gasteiger charge is -2.33. The number of halogens is 1. The second-order valence-electron chi connectivity index (χ2n) is 5.75. The van der Waals surface area contributed by atoms with Crippen LogP contribution >= 0.6 is 12.4 Å².